The molecule has 1 unspecified atom stereocenters. The van der Waals surface area contributed by atoms with Gasteiger partial charge in [-0.25, -0.2) is 4.98 Å². The molecular weight excluding hydrogens is 344 g/mol. The minimum Gasteiger partial charge on any atom is -0.328 e. The van der Waals surface area contributed by atoms with Gasteiger partial charge in [-0.15, -0.1) is 0 Å². The third-order valence-electron chi connectivity index (χ3n) is 2.50. The highest BCUT2D eigenvalue weighted by Crippen LogP contribution is 2.35. The van der Waals surface area contributed by atoms with Crippen LogP contribution in [0.2, 0.25) is 5.02 Å². The highest BCUT2D eigenvalue weighted by molar-refractivity contribution is 9.10. The van der Waals surface area contributed by atoms with Crippen molar-refractivity contribution >= 4 is 39.3 Å². The summed E-state index contributed by atoms with van der Waals surface area (Å²) in [5, 5.41) is 1.48. The van der Waals surface area contributed by atoms with E-state index in [1.54, 1.807) is 18.0 Å². The molecule has 0 aliphatic heterocycles. The molecule has 0 aliphatic rings. The van der Waals surface area contributed by atoms with Crippen LogP contribution in [-0.4, -0.2) is 11.0 Å². The molecule has 0 bridgehead atoms. The van der Waals surface area contributed by atoms with Crippen molar-refractivity contribution in [1.82, 2.24) is 4.98 Å². The summed E-state index contributed by atoms with van der Waals surface area (Å²) in [4.78, 5) is 5.44. The normalized spacial score (nSPS) is 12.4. The van der Waals surface area contributed by atoms with Crippen molar-refractivity contribution in [2.24, 2.45) is 5.73 Å². The molecule has 5 heteroatoms. The summed E-state index contributed by atoms with van der Waals surface area (Å²) in [5.41, 5.74) is 7.10. The minimum atomic E-state index is 0.125. The molecule has 100 valence electrons. The van der Waals surface area contributed by atoms with Crippen molar-refractivity contribution in [3.8, 4) is 0 Å². The summed E-state index contributed by atoms with van der Waals surface area (Å²) in [6, 6.07) is 10.00. The molecule has 0 radical (unpaired) electrons. The van der Waals surface area contributed by atoms with E-state index in [1.807, 2.05) is 25.1 Å². The fourth-order valence-electron chi connectivity index (χ4n) is 1.69. The van der Waals surface area contributed by atoms with Gasteiger partial charge < -0.3 is 5.73 Å². The van der Waals surface area contributed by atoms with Gasteiger partial charge in [0.1, 0.15) is 5.03 Å². The first-order chi connectivity index (χ1) is 9.06. The van der Waals surface area contributed by atoms with Crippen molar-refractivity contribution in [3.63, 3.8) is 0 Å². The Hall–Kier alpha value is -0.550. The Morgan fingerprint density at radius 2 is 2.21 bits per heavy atom. The van der Waals surface area contributed by atoms with Crippen LogP contribution in [0.25, 0.3) is 0 Å². The van der Waals surface area contributed by atoms with Gasteiger partial charge in [-0.1, -0.05) is 45.4 Å². The molecule has 0 saturated carbocycles. The number of hydrogen-bond acceptors (Lipinski definition) is 3. The van der Waals surface area contributed by atoms with E-state index in [0.717, 1.165) is 20.8 Å². The Morgan fingerprint density at radius 1 is 1.42 bits per heavy atom. The van der Waals surface area contributed by atoms with Gasteiger partial charge in [0.2, 0.25) is 0 Å². The Kier molecular flexibility index (Phi) is 5.28. The minimum absolute atomic E-state index is 0.125. The number of halogens is 2. The van der Waals surface area contributed by atoms with Gasteiger partial charge >= 0.3 is 0 Å². The van der Waals surface area contributed by atoms with Gasteiger partial charge in [0.05, 0.1) is 5.02 Å². The molecule has 1 aromatic heterocycles. The first-order valence-corrected chi connectivity index (χ1v) is 7.87. The second-order valence-electron chi connectivity index (χ2n) is 4.33. The molecule has 2 rings (SSSR count). The summed E-state index contributed by atoms with van der Waals surface area (Å²) in [7, 11) is 0. The summed E-state index contributed by atoms with van der Waals surface area (Å²) in [6.07, 6.45) is 2.58. The third kappa shape index (κ3) is 4.21. The SMILES string of the molecule is CC(N)Cc1ccc(Br)cc1Sc1ncccc1Cl. The lowest BCUT2D eigenvalue weighted by atomic mass is 10.1. The first-order valence-electron chi connectivity index (χ1n) is 5.88. The summed E-state index contributed by atoms with van der Waals surface area (Å²) in [6.45, 7) is 2.00. The maximum Gasteiger partial charge on any atom is 0.119 e. The molecule has 0 aliphatic carbocycles. The number of nitrogens with two attached hydrogens (primary N) is 1. The second-order valence-corrected chi connectivity index (χ2v) is 6.68. The number of aromatic nitrogens is 1. The molecule has 0 spiro atoms. The highest BCUT2D eigenvalue weighted by atomic mass is 79.9. The number of benzene rings is 1. The van der Waals surface area contributed by atoms with Crippen LogP contribution in [0.4, 0.5) is 0 Å². The Labute approximate surface area is 130 Å². The van der Waals surface area contributed by atoms with Crippen LogP contribution >= 0.6 is 39.3 Å². The molecule has 1 heterocycles. The van der Waals surface area contributed by atoms with Crippen LogP contribution in [0.5, 0.6) is 0 Å². The quantitative estimate of drug-likeness (QED) is 0.873. The molecule has 0 saturated heterocycles. The molecule has 1 atom stereocenters. The fraction of sp³-hybridized carbons (Fsp3) is 0.214. The van der Waals surface area contributed by atoms with Crippen molar-refractivity contribution in [2.45, 2.75) is 29.3 Å². The Bertz CT molecular complexity index is 575. The van der Waals surface area contributed by atoms with Gasteiger partial charge in [-0.05, 0) is 43.2 Å². The monoisotopic (exact) mass is 356 g/mol. The fourth-order valence-corrected chi connectivity index (χ4v) is 3.40. The van der Waals surface area contributed by atoms with E-state index in [0.29, 0.717) is 5.02 Å². The van der Waals surface area contributed by atoms with E-state index in [4.69, 9.17) is 17.3 Å². The van der Waals surface area contributed by atoms with Crippen LogP contribution in [0, 0.1) is 0 Å². The van der Waals surface area contributed by atoms with E-state index in [-0.39, 0.29) is 6.04 Å². The van der Waals surface area contributed by atoms with Gasteiger partial charge in [0.15, 0.2) is 0 Å². The zero-order valence-corrected chi connectivity index (χ0v) is 13.6. The van der Waals surface area contributed by atoms with Crippen molar-refractivity contribution in [1.29, 1.82) is 0 Å². The predicted octanol–water partition coefficient (Wildman–Crippen LogP) is 4.54. The molecule has 1 aromatic carbocycles. The maximum atomic E-state index is 6.15. The zero-order valence-electron chi connectivity index (χ0n) is 10.4. The smallest absolute Gasteiger partial charge is 0.119 e. The van der Waals surface area contributed by atoms with Crippen LogP contribution in [0.1, 0.15) is 12.5 Å². The second kappa shape index (κ2) is 6.75. The van der Waals surface area contributed by atoms with Gasteiger partial charge in [0.25, 0.3) is 0 Å². The van der Waals surface area contributed by atoms with Gasteiger partial charge in [-0.2, -0.15) is 0 Å². The van der Waals surface area contributed by atoms with E-state index in [1.165, 1.54) is 5.56 Å². The first kappa shape index (κ1) is 14.9. The molecule has 0 amide bonds. The van der Waals surface area contributed by atoms with Gasteiger partial charge in [0, 0.05) is 21.6 Å². The maximum absolute atomic E-state index is 6.15. The van der Waals surface area contributed by atoms with Crippen LogP contribution in [0.3, 0.4) is 0 Å². The number of pyridine rings is 1. The van der Waals surface area contributed by atoms with E-state index < -0.39 is 0 Å². The molecular formula is C14H14BrClN2S. The lowest BCUT2D eigenvalue weighted by molar-refractivity contribution is 0.729. The molecule has 2 N–H and O–H groups in total. The van der Waals surface area contributed by atoms with Crippen LogP contribution in [0.15, 0.2) is 50.9 Å². The highest BCUT2D eigenvalue weighted by Gasteiger charge is 2.10. The van der Waals surface area contributed by atoms with Crippen LogP contribution in [-0.2, 0) is 6.42 Å². The number of rotatable bonds is 4. The van der Waals surface area contributed by atoms with Gasteiger partial charge in [-0.3, -0.25) is 0 Å². The molecule has 0 fully saturated rings. The largest absolute Gasteiger partial charge is 0.328 e. The van der Waals surface area contributed by atoms with E-state index in [9.17, 15) is 0 Å². The number of hydrogen-bond donors (Lipinski definition) is 1. The topological polar surface area (TPSA) is 38.9 Å². The summed E-state index contributed by atoms with van der Waals surface area (Å²) in [5.74, 6) is 0. The van der Waals surface area contributed by atoms with Crippen molar-refractivity contribution in [3.05, 3.63) is 51.6 Å². The molecule has 19 heavy (non-hydrogen) atoms. The average Bonchev–Trinajstić information content (AvgIpc) is 2.35. The Balaban J connectivity index is 2.33. The van der Waals surface area contributed by atoms with E-state index in [2.05, 4.69) is 33.0 Å². The van der Waals surface area contributed by atoms with Crippen LogP contribution < -0.4 is 5.73 Å². The zero-order chi connectivity index (χ0) is 13.8. The van der Waals surface area contributed by atoms with Crippen molar-refractivity contribution in [2.75, 3.05) is 0 Å². The summed E-state index contributed by atoms with van der Waals surface area (Å²) >= 11 is 11.2. The lowest BCUT2D eigenvalue weighted by Gasteiger charge is -2.12. The average molecular weight is 358 g/mol. The number of nitrogens with zero attached hydrogens (tertiary/aromatic N) is 1. The predicted molar refractivity (Wildman–Crippen MR) is 84.9 cm³/mol. The third-order valence-corrected chi connectivity index (χ3v) is 4.53. The standard InChI is InChI=1S/C14H14BrClN2S/c1-9(17)7-10-4-5-11(15)8-13(10)19-14-12(16)3-2-6-18-14/h2-6,8-9H,7,17H2,1H3. The Morgan fingerprint density at radius 3 is 2.89 bits per heavy atom. The van der Waals surface area contributed by atoms with Crippen molar-refractivity contribution < 1.29 is 0 Å². The van der Waals surface area contributed by atoms with E-state index >= 15 is 0 Å². The molecule has 2 aromatic rings. The molecule has 2 nitrogen and oxygen atoms in total. The summed E-state index contributed by atoms with van der Waals surface area (Å²) < 4.78 is 1.04. The lowest BCUT2D eigenvalue weighted by Crippen LogP contribution is -2.18.